The molecule has 1 unspecified atom stereocenters. The molecular weight excluding hydrogens is 308 g/mol. The van der Waals surface area contributed by atoms with Crippen molar-refractivity contribution in [3.63, 3.8) is 0 Å². The molecule has 22 heavy (non-hydrogen) atoms. The number of rotatable bonds is 5. The maximum atomic E-state index is 12.8. The Labute approximate surface area is 121 Å². The van der Waals surface area contributed by atoms with E-state index in [1.807, 2.05) is 0 Å². The molecule has 0 aliphatic heterocycles. The van der Waals surface area contributed by atoms with Crippen molar-refractivity contribution in [2.45, 2.75) is 18.8 Å². The van der Waals surface area contributed by atoms with Gasteiger partial charge in [-0.2, -0.15) is 23.5 Å². The normalized spacial score (nSPS) is 12.7. The molecule has 0 amide bonds. The van der Waals surface area contributed by atoms with Crippen LogP contribution in [0.3, 0.4) is 0 Å². The maximum Gasteiger partial charge on any atom is 0.419 e. The fourth-order valence-electron chi connectivity index (χ4n) is 1.48. The van der Waals surface area contributed by atoms with Gasteiger partial charge in [0.05, 0.1) is 6.61 Å². The van der Waals surface area contributed by atoms with Gasteiger partial charge in [0.25, 0.3) is 0 Å². The largest absolute Gasteiger partial charge is 0.476 e. The minimum Gasteiger partial charge on any atom is -0.476 e. The van der Waals surface area contributed by atoms with Crippen molar-refractivity contribution >= 4 is 0 Å². The van der Waals surface area contributed by atoms with Crippen molar-refractivity contribution in [2.75, 3.05) is 6.61 Å². The Morgan fingerprint density at radius 2 is 2.09 bits per heavy atom. The van der Waals surface area contributed by atoms with Crippen molar-refractivity contribution in [1.29, 1.82) is 5.26 Å². The molecule has 0 radical (unpaired) electrons. The van der Waals surface area contributed by atoms with Gasteiger partial charge in [-0.25, -0.2) is 24.0 Å². The molecule has 0 spiro atoms. The molecule has 0 aromatic carbocycles. The first-order valence-corrected chi connectivity index (χ1v) is 5.87. The molecule has 0 fully saturated rings. The molecule has 0 aliphatic carbocycles. The van der Waals surface area contributed by atoms with Crippen LogP contribution in [-0.4, -0.2) is 43.7 Å². The summed E-state index contributed by atoms with van der Waals surface area (Å²) >= 11 is 0. The average molecular weight is 316 g/mol. The first-order chi connectivity index (χ1) is 10.4. The Kier molecular flexibility index (Phi) is 4.50. The molecule has 0 bridgehead atoms. The number of nitriles is 1. The Bertz CT molecular complexity index is 666. The third-order valence-electron chi connectivity index (χ3n) is 2.51. The second-order valence-electron chi connectivity index (χ2n) is 3.98. The predicted octanol–water partition coefficient (Wildman–Crippen LogP) is 1.60. The van der Waals surface area contributed by atoms with E-state index >= 15 is 0 Å². The Hall–Kier alpha value is -2.77. The standard InChI is InChI=1S/C11H8F4N6O/c12-8(11(13,14)15)1-2-22-10-7(3-16)9(18-5-19-10)21-6-17-4-20-21/h4-6,8H,1-2H2. The summed E-state index contributed by atoms with van der Waals surface area (Å²) < 4.78 is 55.0. The second kappa shape index (κ2) is 6.33. The number of halogens is 4. The highest BCUT2D eigenvalue weighted by Crippen LogP contribution is 2.26. The summed E-state index contributed by atoms with van der Waals surface area (Å²) in [6.07, 6.45) is -5.33. The van der Waals surface area contributed by atoms with E-state index in [1.165, 1.54) is 17.3 Å². The number of hydrogen-bond donors (Lipinski definition) is 0. The third kappa shape index (κ3) is 3.46. The predicted molar refractivity (Wildman–Crippen MR) is 62.7 cm³/mol. The van der Waals surface area contributed by atoms with Gasteiger partial charge in [0.2, 0.25) is 5.88 Å². The molecule has 7 nitrogen and oxygen atoms in total. The van der Waals surface area contributed by atoms with Crippen molar-refractivity contribution in [3.05, 3.63) is 24.5 Å². The average Bonchev–Trinajstić information content (AvgIpc) is 2.99. The van der Waals surface area contributed by atoms with Gasteiger partial charge in [-0.05, 0) is 0 Å². The molecule has 116 valence electrons. The van der Waals surface area contributed by atoms with Crippen LogP contribution < -0.4 is 4.74 Å². The Morgan fingerprint density at radius 3 is 2.68 bits per heavy atom. The lowest BCUT2D eigenvalue weighted by molar-refractivity contribution is -0.183. The highest BCUT2D eigenvalue weighted by atomic mass is 19.4. The SMILES string of the molecule is N#Cc1c(OCCC(F)C(F)(F)F)ncnc1-n1cncn1. The molecule has 0 aliphatic rings. The number of nitrogens with zero attached hydrogens (tertiary/aromatic N) is 6. The van der Waals surface area contributed by atoms with Crippen LogP contribution in [0.5, 0.6) is 5.88 Å². The highest BCUT2D eigenvalue weighted by molar-refractivity contribution is 5.48. The van der Waals surface area contributed by atoms with E-state index in [0.717, 1.165) is 6.33 Å². The van der Waals surface area contributed by atoms with Gasteiger partial charge < -0.3 is 4.74 Å². The van der Waals surface area contributed by atoms with Crippen molar-refractivity contribution in [3.8, 4) is 17.8 Å². The van der Waals surface area contributed by atoms with Crippen LogP contribution in [0.1, 0.15) is 12.0 Å². The van der Waals surface area contributed by atoms with Crippen LogP contribution in [0.15, 0.2) is 19.0 Å². The van der Waals surface area contributed by atoms with Gasteiger partial charge in [-0.1, -0.05) is 0 Å². The third-order valence-corrected chi connectivity index (χ3v) is 2.51. The molecule has 11 heteroatoms. The van der Waals surface area contributed by atoms with E-state index in [0.29, 0.717) is 0 Å². The highest BCUT2D eigenvalue weighted by Gasteiger charge is 2.39. The summed E-state index contributed by atoms with van der Waals surface area (Å²) in [5.41, 5.74) is -0.143. The summed E-state index contributed by atoms with van der Waals surface area (Å²) in [4.78, 5) is 11.2. The quantitative estimate of drug-likeness (QED) is 0.778. The zero-order chi connectivity index (χ0) is 16.2. The fraction of sp³-hybridized carbons (Fsp3) is 0.364. The molecule has 2 aromatic heterocycles. The topological polar surface area (TPSA) is 89.5 Å². The zero-order valence-corrected chi connectivity index (χ0v) is 10.8. The van der Waals surface area contributed by atoms with Gasteiger partial charge in [-0.15, -0.1) is 0 Å². The van der Waals surface area contributed by atoms with E-state index in [4.69, 9.17) is 10.00 Å². The minimum absolute atomic E-state index is 0.0534. The summed E-state index contributed by atoms with van der Waals surface area (Å²) in [7, 11) is 0. The molecule has 2 rings (SSSR count). The van der Waals surface area contributed by atoms with E-state index in [2.05, 4.69) is 20.1 Å². The molecule has 2 heterocycles. The van der Waals surface area contributed by atoms with Crippen LogP contribution in [0, 0.1) is 11.3 Å². The summed E-state index contributed by atoms with van der Waals surface area (Å²) in [6.45, 7) is -0.594. The van der Waals surface area contributed by atoms with Crippen LogP contribution >= 0.6 is 0 Å². The van der Waals surface area contributed by atoms with Crippen molar-refractivity contribution in [2.24, 2.45) is 0 Å². The number of hydrogen-bond acceptors (Lipinski definition) is 6. The molecule has 0 N–H and O–H groups in total. The first kappa shape index (κ1) is 15.6. The van der Waals surface area contributed by atoms with E-state index in [1.54, 1.807) is 6.07 Å². The summed E-state index contributed by atoms with van der Waals surface area (Å²) in [5, 5.41) is 12.9. The van der Waals surface area contributed by atoms with Gasteiger partial charge in [-0.3, -0.25) is 0 Å². The molecule has 1 atom stereocenters. The number of aromatic nitrogens is 5. The molecule has 0 saturated heterocycles. The zero-order valence-electron chi connectivity index (χ0n) is 10.8. The summed E-state index contributed by atoms with van der Waals surface area (Å²) in [6, 6.07) is 1.77. The van der Waals surface area contributed by atoms with E-state index in [-0.39, 0.29) is 17.3 Å². The van der Waals surface area contributed by atoms with Gasteiger partial charge >= 0.3 is 6.18 Å². The second-order valence-corrected chi connectivity index (χ2v) is 3.98. The van der Waals surface area contributed by atoms with Gasteiger partial charge in [0.15, 0.2) is 17.6 Å². The lowest BCUT2D eigenvalue weighted by Gasteiger charge is -2.13. The lowest BCUT2D eigenvalue weighted by atomic mass is 10.3. The Balaban J connectivity index is 2.12. The molecule has 0 saturated carbocycles. The minimum atomic E-state index is -4.95. The van der Waals surface area contributed by atoms with Crippen LogP contribution in [-0.2, 0) is 0 Å². The van der Waals surface area contributed by atoms with Gasteiger partial charge in [0.1, 0.15) is 25.1 Å². The monoisotopic (exact) mass is 316 g/mol. The smallest absolute Gasteiger partial charge is 0.419 e. The van der Waals surface area contributed by atoms with Crippen LogP contribution in [0.25, 0.3) is 5.82 Å². The molecule has 2 aromatic rings. The van der Waals surface area contributed by atoms with Gasteiger partial charge in [0, 0.05) is 6.42 Å². The van der Waals surface area contributed by atoms with Crippen molar-refractivity contribution in [1.82, 2.24) is 24.7 Å². The summed E-state index contributed by atoms with van der Waals surface area (Å²) in [5.74, 6) is -0.199. The lowest BCUT2D eigenvalue weighted by Crippen LogP contribution is -2.26. The van der Waals surface area contributed by atoms with Crippen molar-refractivity contribution < 1.29 is 22.3 Å². The van der Waals surface area contributed by atoms with E-state index in [9.17, 15) is 17.6 Å². The molecular formula is C11H8F4N6O. The Morgan fingerprint density at radius 1 is 1.32 bits per heavy atom. The first-order valence-electron chi connectivity index (χ1n) is 5.87. The number of ether oxygens (including phenoxy) is 1. The fourth-order valence-corrected chi connectivity index (χ4v) is 1.48. The van der Waals surface area contributed by atoms with Crippen LogP contribution in [0.4, 0.5) is 17.6 Å². The number of alkyl halides is 4. The maximum absolute atomic E-state index is 12.8. The van der Waals surface area contributed by atoms with Crippen LogP contribution in [0.2, 0.25) is 0 Å². The van der Waals surface area contributed by atoms with E-state index < -0.39 is 25.4 Å².